The number of benzene rings is 2. The van der Waals surface area contributed by atoms with Crippen molar-refractivity contribution in [3.05, 3.63) is 59.9 Å². The highest BCUT2D eigenvalue weighted by molar-refractivity contribution is 7.80. The molecule has 2 nitrogen and oxygen atoms in total. The van der Waals surface area contributed by atoms with E-state index < -0.39 is 0 Å². The van der Waals surface area contributed by atoms with Crippen molar-refractivity contribution >= 4 is 28.6 Å². The molecule has 2 N–H and O–H groups in total. The number of nitrogens with two attached hydrogens (primary N) is 1. The largest absolute Gasteiger partial charge is 0.389 e. The maximum Gasteiger partial charge on any atom is 0.123 e. The van der Waals surface area contributed by atoms with E-state index >= 15 is 0 Å². The molecule has 2 rings (SSSR count). The van der Waals surface area contributed by atoms with E-state index in [0.717, 1.165) is 23.5 Å². The molecule has 0 saturated heterocycles. The highest BCUT2D eigenvalue weighted by Gasteiger charge is 2.12. The van der Waals surface area contributed by atoms with Crippen LogP contribution in [-0.4, -0.2) is 11.5 Å². The molecule has 0 fully saturated rings. The summed E-state index contributed by atoms with van der Waals surface area (Å²) in [7, 11) is 0. The Balaban J connectivity index is 2.48. The predicted octanol–water partition coefficient (Wildman–Crippen LogP) is 3.62. The van der Waals surface area contributed by atoms with Gasteiger partial charge in [-0.05, 0) is 43.3 Å². The fourth-order valence-electron chi connectivity index (χ4n) is 2.03. The van der Waals surface area contributed by atoms with Crippen molar-refractivity contribution in [1.29, 1.82) is 0 Å². The molecule has 98 valence electrons. The monoisotopic (exact) mass is 274 g/mol. The van der Waals surface area contributed by atoms with Gasteiger partial charge in [-0.25, -0.2) is 4.39 Å². The summed E-state index contributed by atoms with van der Waals surface area (Å²) in [6.45, 7) is 2.77. The fraction of sp³-hybridized carbons (Fsp3) is 0.133. The molecule has 0 aliphatic rings. The first-order valence-corrected chi connectivity index (χ1v) is 6.46. The van der Waals surface area contributed by atoms with Gasteiger partial charge in [0.2, 0.25) is 0 Å². The van der Waals surface area contributed by atoms with Gasteiger partial charge in [-0.2, -0.15) is 0 Å². The lowest BCUT2D eigenvalue weighted by Crippen LogP contribution is -2.21. The Morgan fingerprint density at radius 1 is 1.16 bits per heavy atom. The van der Waals surface area contributed by atoms with Gasteiger partial charge < -0.3 is 10.6 Å². The van der Waals surface area contributed by atoms with E-state index in [1.54, 1.807) is 12.1 Å². The minimum absolute atomic E-state index is 0.248. The van der Waals surface area contributed by atoms with Crippen LogP contribution >= 0.6 is 12.2 Å². The maximum absolute atomic E-state index is 13.0. The molecule has 0 radical (unpaired) electrons. The molecular formula is C15H15FN2S. The van der Waals surface area contributed by atoms with Crippen molar-refractivity contribution in [2.45, 2.75) is 6.92 Å². The zero-order valence-electron chi connectivity index (χ0n) is 10.6. The highest BCUT2D eigenvalue weighted by atomic mass is 32.1. The predicted molar refractivity (Wildman–Crippen MR) is 81.4 cm³/mol. The van der Waals surface area contributed by atoms with Gasteiger partial charge in [0, 0.05) is 17.8 Å². The Morgan fingerprint density at radius 3 is 2.37 bits per heavy atom. The molecular weight excluding hydrogens is 259 g/mol. The smallest absolute Gasteiger partial charge is 0.123 e. The van der Waals surface area contributed by atoms with Crippen LogP contribution in [0.25, 0.3) is 0 Å². The van der Waals surface area contributed by atoms with Crippen LogP contribution in [0.5, 0.6) is 0 Å². The summed E-state index contributed by atoms with van der Waals surface area (Å²) in [5.41, 5.74) is 8.42. The zero-order chi connectivity index (χ0) is 13.8. The molecule has 2 aromatic carbocycles. The van der Waals surface area contributed by atoms with Crippen LogP contribution in [0.1, 0.15) is 12.5 Å². The van der Waals surface area contributed by atoms with E-state index in [2.05, 4.69) is 0 Å². The minimum Gasteiger partial charge on any atom is -0.389 e. The number of anilines is 2. The topological polar surface area (TPSA) is 29.3 Å². The summed E-state index contributed by atoms with van der Waals surface area (Å²) in [5.74, 6) is -0.248. The summed E-state index contributed by atoms with van der Waals surface area (Å²) in [6.07, 6.45) is 0. The van der Waals surface area contributed by atoms with Crippen molar-refractivity contribution in [3.63, 3.8) is 0 Å². The van der Waals surface area contributed by atoms with Gasteiger partial charge in [-0.15, -0.1) is 0 Å². The number of halogens is 1. The van der Waals surface area contributed by atoms with E-state index in [1.807, 2.05) is 36.1 Å². The number of nitrogens with zero attached hydrogens (tertiary/aromatic N) is 1. The standard InChI is InChI=1S/C15H15FN2S/c1-2-18(12-9-7-11(16)8-10-12)14-6-4-3-5-13(14)15(17)19/h3-10H,2H2,1H3,(H2,17,19). The third-order valence-electron chi connectivity index (χ3n) is 2.91. The van der Waals surface area contributed by atoms with Gasteiger partial charge in [-0.3, -0.25) is 0 Å². The van der Waals surface area contributed by atoms with Gasteiger partial charge >= 0.3 is 0 Å². The van der Waals surface area contributed by atoms with Gasteiger partial charge in [0.1, 0.15) is 10.8 Å². The quantitative estimate of drug-likeness (QED) is 0.863. The summed E-state index contributed by atoms with van der Waals surface area (Å²) in [4.78, 5) is 2.41. The van der Waals surface area contributed by atoms with E-state index in [4.69, 9.17) is 18.0 Å². The van der Waals surface area contributed by atoms with E-state index in [-0.39, 0.29) is 5.82 Å². The van der Waals surface area contributed by atoms with E-state index in [1.165, 1.54) is 12.1 Å². The molecule has 0 aliphatic heterocycles. The molecule has 19 heavy (non-hydrogen) atoms. The van der Waals surface area contributed by atoms with Crippen LogP contribution < -0.4 is 10.6 Å². The Labute approximate surface area is 117 Å². The van der Waals surface area contributed by atoms with Gasteiger partial charge in [0.05, 0.1) is 5.69 Å². The van der Waals surface area contributed by atoms with Crippen LogP contribution in [0.4, 0.5) is 15.8 Å². The summed E-state index contributed by atoms with van der Waals surface area (Å²) in [5, 5.41) is 0. The average molecular weight is 274 g/mol. The first-order valence-electron chi connectivity index (χ1n) is 6.05. The number of hydrogen-bond acceptors (Lipinski definition) is 2. The molecule has 4 heteroatoms. The van der Waals surface area contributed by atoms with Gasteiger partial charge in [0.15, 0.2) is 0 Å². The molecule has 0 spiro atoms. The van der Waals surface area contributed by atoms with E-state index in [0.29, 0.717) is 4.99 Å². The van der Waals surface area contributed by atoms with Crippen LogP contribution in [-0.2, 0) is 0 Å². The zero-order valence-corrected chi connectivity index (χ0v) is 11.5. The van der Waals surface area contributed by atoms with Crippen molar-refractivity contribution < 1.29 is 4.39 Å². The molecule has 0 atom stereocenters. The van der Waals surface area contributed by atoms with Crippen molar-refractivity contribution in [2.24, 2.45) is 5.73 Å². The maximum atomic E-state index is 13.0. The lowest BCUT2D eigenvalue weighted by Gasteiger charge is -2.25. The number of thiocarbonyl (C=S) groups is 1. The Hall–Kier alpha value is -1.94. The summed E-state index contributed by atoms with van der Waals surface area (Å²) < 4.78 is 13.0. The molecule has 0 aliphatic carbocycles. The minimum atomic E-state index is -0.248. The molecule has 0 unspecified atom stereocenters. The van der Waals surface area contributed by atoms with Crippen LogP contribution in [0.15, 0.2) is 48.5 Å². The van der Waals surface area contributed by atoms with Crippen molar-refractivity contribution in [2.75, 3.05) is 11.4 Å². The van der Waals surface area contributed by atoms with Crippen LogP contribution in [0.2, 0.25) is 0 Å². The van der Waals surface area contributed by atoms with E-state index in [9.17, 15) is 4.39 Å². The molecule has 0 saturated carbocycles. The first kappa shape index (κ1) is 13.5. The second-order valence-corrected chi connectivity index (χ2v) is 4.54. The Morgan fingerprint density at radius 2 is 1.79 bits per heavy atom. The Kier molecular flexibility index (Phi) is 4.12. The first-order chi connectivity index (χ1) is 9.13. The molecule has 0 aromatic heterocycles. The summed E-state index contributed by atoms with van der Waals surface area (Å²) in [6, 6.07) is 14.1. The third-order valence-corrected chi connectivity index (χ3v) is 3.13. The second kappa shape index (κ2) is 5.80. The summed E-state index contributed by atoms with van der Waals surface area (Å²) >= 11 is 5.08. The molecule has 2 aromatic rings. The van der Waals surface area contributed by atoms with Crippen molar-refractivity contribution in [1.82, 2.24) is 0 Å². The normalized spacial score (nSPS) is 10.2. The number of hydrogen-bond donors (Lipinski definition) is 1. The molecule has 0 bridgehead atoms. The average Bonchev–Trinajstić information content (AvgIpc) is 2.42. The number of rotatable bonds is 4. The lowest BCUT2D eigenvalue weighted by molar-refractivity contribution is 0.628. The van der Waals surface area contributed by atoms with Gasteiger partial charge in [0.25, 0.3) is 0 Å². The molecule has 0 heterocycles. The SMILES string of the molecule is CCN(c1ccc(F)cc1)c1ccccc1C(N)=S. The number of para-hydroxylation sites is 1. The van der Waals surface area contributed by atoms with Crippen LogP contribution in [0.3, 0.4) is 0 Å². The highest BCUT2D eigenvalue weighted by Crippen LogP contribution is 2.28. The van der Waals surface area contributed by atoms with Crippen LogP contribution in [0, 0.1) is 5.82 Å². The van der Waals surface area contributed by atoms with Crippen molar-refractivity contribution in [3.8, 4) is 0 Å². The van der Waals surface area contributed by atoms with Gasteiger partial charge in [-0.1, -0.05) is 24.4 Å². The second-order valence-electron chi connectivity index (χ2n) is 4.10. The molecule has 0 amide bonds. The fourth-order valence-corrected chi connectivity index (χ4v) is 2.20. The Bertz CT molecular complexity index is 581. The lowest BCUT2D eigenvalue weighted by atomic mass is 10.1. The third kappa shape index (κ3) is 2.90.